The van der Waals surface area contributed by atoms with Crippen molar-refractivity contribution < 1.29 is 14.4 Å². The molecular formula is C10H13NO3. The lowest BCUT2D eigenvalue weighted by molar-refractivity contribution is -0.141. The fraction of sp³-hybridized carbons (Fsp3) is 0.600. The quantitative estimate of drug-likeness (QED) is 0.792. The van der Waals surface area contributed by atoms with Crippen molar-refractivity contribution in [3.8, 4) is 0 Å². The van der Waals surface area contributed by atoms with Crippen LogP contribution in [-0.2, 0) is 24.1 Å². The fourth-order valence-electron chi connectivity index (χ4n) is 1.82. The summed E-state index contributed by atoms with van der Waals surface area (Å²) >= 11 is 0. The molecule has 0 saturated heterocycles. The van der Waals surface area contributed by atoms with E-state index in [1.54, 1.807) is 6.92 Å². The van der Waals surface area contributed by atoms with Crippen LogP contribution in [0.3, 0.4) is 0 Å². The number of carboxylic acids is 1. The SMILES string of the molecule is CC(Cc1onc2c1CCC2)C(=O)O. The smallest absolute Gasteiger partial charge is 0.306 e. The van der Waals surface area contributed by atoms with Crippen LogP contribution in [0.2, 0.25) is 0 Å². The minimum atomic E-state index is -0.784. The van der Waals surface area contributed by atoms with E-state index in [9.17, 15) is 4.79 Å². The summed E-state index contributed by atoms with van der Waals surface area (Å²) in [5.41, 5.74) is 2.18. The van der Waals surface area contributed by atoms with Crippen LogP contribution < -0.4 is 0 Å². The summed E-state index contributed by atoms with van der Waals surface area (Å²) in [5, 5.41) is 12.7. The highest BCUT2D eigenvalue weighted by atomic mass is 16.5. The maximum atomic E-state index is 10.7. The molecule has 1 aliphatic rings. The first-order valence-corrected chi connectivity index (χ1v) is 4.87. The zero-order valence-electron chi connectivity index (χ0n) is 8.12. The standard InChI is InChI=1S/C10H13NO3/c1-6(10(12)13)5-9-7-3-2-4-8(7)11-14-9/h6H,2-5H2,1H3,(H,12,13). The first kappa shape index (κ1) is 9.24. The van der Waals surface area contributed by atoms with Gasteiger partial charge in [0.2, 0.25) is 0 Å². The van der Waals surface area contributed by atoms with Crippen LogP contribution in [0.25, 0.3) is 0 Å². The third-order valence-electron chi connectivity index (χ3n) is 2.70. The predicted molar refractivity (Wildman–Crippen MR) is 49.0 cm³/mol. The molecule has 0 saturated carbocycles. The maximum Gasteiger partial charge on any atom is 0.306 e. The number of fused-ring (bicyclic) bond motifs is 1. The van der Waals surface area contributed by atoms with E-state index in [1.807, 2.05) is 0 Å². The van der Waals surface area contributed by atoms with Crippen LogP contribution in [0.4, 0.5) is 0 Å². The molecule has 0 aromatic carbocycles. The van der Waals surface area contributed by atoms with Crippen molar-refractivity contribution in [1.82, 2.24) is 5.16 Å². The van der Waals surface area contributed by atoms with Crippen LogP contribution in [0, 0.1) is 5.92 Å². The Morgan fingerprint density at radius 2 is 2.43 bits per heavy atom. The Morgan fingerprint density at radius 1 is 1.64 bits per heavy atom. The van der Waals surface area contributed by atoms with Gasteiger partial charge >= 0.3 is 5.97 Å². The van der Waals surface area contributed by atoms with Gasteiger partial charge in [-0.25, -0.2) is 0 Å². The highest BCUT2D eigenvalue weighted by Gasteiger charge is 2.23. The summed E-state index contributed by atoms with van der Waals surface area (Å²) in [6.07, 6.45) is 3.53. The molecule has 4 heteroatoms. The zero-order chi connectivity index (χ0) is 10.1. The van der Waals surface area contributed by atoms with Crippen LogP contribution in [-0.4, -0.2) is 16.2 Å². The van der Waals surface area contributed by atoms with E-state index in [1.165, 1.54) is 0 Å². The molecule has 76 valence electrons. The van der Waals surface area contributed by atoms with Gasteiger partial charge in [-0.2, -0.15) is 0 Å². The van der Waals surface area contributed by atoms with Gasteiger partial charge in [-0.05, 0) is 19.3 Å². The lowest BCUT2D eigenvalue weighted by atomic mass is 10.0. The van der Waals surface area contributed by atoms with E-state index < -0.39 is 11.9 Å². The minimum absolute atomic E-state index is 0.396. The van der Waals surface area contributed by atoms with Crippen molar-refractivity contribution in [3.05, 3.63) is 17.0 Å². The number of carboxylic acid groups (broad SMARTS) is 1. The second kappa shape index (κ2) is 3.44. The van der Waals surface area contributed by atoms with Crippen molar-refractivity contribution >= 4 is 5.97 Å². The third kappa shape index (κ3) is 1.52. The fourth-order valence-corrected chi connectivity index (χ4v) is 1.82. The summed E-state index contributed by atoms with van der Waals surface area (Å²) < 4.78 is 5.15. The van der Waals surface area contributed by atoms with Crippen molar-refractivity contribution in [1.29, 1.82) is 0 Å². The van der Waals surface area contributed by atoms with E-state index in [4.69, 9.17) is 9.63 Å². The Kier molecular flexibility index (Phi) is 2.27. The predicted octanol–water partition coefficient (Wildman–Crippen LogP) is 1.43. The molecule has 1 heterocycles. The third-order valence-corrected chi connectivity index (χ3v) is 2.70. The topological polar surface area (TPSA) is 63.3 Å². The molecule has 1 aliphatic carbocycles. The van der Waals surface area contributed by atoms with Gasteiger partial charge in [-0.1, -0.05) is 12.1 Å². The maximum absolute atomic E-state index is 10.7. The number of aliphatic carboxylic acids is 1. The number of aryl methyl sites for hydroxylation is 1. The monoisotopic (exact) mass is 195 g/mol. The van der Waals surface area contributed by atoms with Crippen molar-refractivity contribution in [3.63, 3.8) is 0 Å². The largest absolute Gasteiger partial charge is 0.481 e. The van der Waals surface area contributed by atoms with E-state index in [2.05, 4.69) is 5.16 Å². The van der Waals surface area contributed by atoms with Crippen molar-refractivity contribution in [2.75, 3.05) is 0 Å². The second-order valence-corrected chi connectivity index (χ2v) is 3.83. The number of rotatable bonds is 3. The Morgan fingerprint density at radius 3 is 3.14 bits per heavy atom. The highest BCUT2D eigenvalue weighted by Crippen LogP contribution is 2.26. The molecule has 1 N–H and O–H groups in total. The molecule has 0 amide bonds. The van der Waals surface area contributed by atoms with E-state index in [0.717, 1.165) is 36.3 Å². The number of carbonyl (C=O) groups is 1. The number of hydrogen-bond acceptors (Lipinski definition) is 3. The van der Waals surface area contributed by atoms with Gasteiger partial charge in [0.25, 0.3) is 0 Å². The molecule has 0 spiro atoms. The molecule has 1 unspecified atom stereocenters. The summed E-state index contributed by atoms with van der Waals surface area (Å²) in [6.45, 7) is 1.69. The number of aromatic nitrogens is 1. The Balaban J connectivity index is 2.14. The molecule has 1 atom stereocenters. The Bertz CT molecular complexity index is 356. The molecule has 4 nitrogen and oxygen atoms in total. The van der Waals surface area contributed by atoms with Gasteiger partial charge in [0.05, 0.1) is 11.6 Å². The zero-order valence-corrected chi connectivity index (χ0v) is 8.12. The summed E-state index contributed by atoms with van der Waals surface area (Å²) in [5.74, 6) is -0.409. The van der Waals surface area contributed by atoms with E-state index in [-0.39, 0.29) is 0 Å². The Labute approximate surface area is 81.9 Å². The van der Waals surface area contributed by atoms with Gasteiger partial charge in [0, 0.05) is 12.0 Å². The Hall–Kier alpha value is -1.32. The summed E-state index contributed by atoms with van der Waals surface area (Å²) in [7, 11) is 0. The van der Waals surface area contributed by atoms with Gasteiger partial charge in [0.15, 0.2) is 0 Å². The van der Waals surface area contributed by atoms with Crippen molar-refractivity contribution in [2.45, 2.75) is 32.6 Å². The molecule has 0 radical (unpaired) electrons. The first-order valence-electron chi connectivity index (χ1n) is 4.87. The average Bonchev–Trinajstić information content (AvgIpc) is 2.69. The lowest BCUT2D eigenvalue weighted by Crippen LogP contribution is -2.12. The molecule has 0 bridgehead atoms. The molecule has 1 aromatic rings. The number of hydrogen-bond donors (Lipinski definition) is 1. The molecular weight excluding hydrogens is 182 g/mol. The van der Waals surface area contributed by atoms with E-state index in [0.29, 0.717) is 6.42 Å². The minimum Gasteiger partial charge on any atom is -0.481 e. The van der Waals surface area contributed by atoms with Crippen LogP contribution >= 0.6 is 0 Å². The van der Waals surface area contributed by atoms with E-state index >= 15 is 0 Å². The second-order valence-electron chi connectivity index (χ2n) is 3.83. The molecule has 0 fully saturated rings. The van der Waals surface area contributed by atoms with Gasteiger partial charge in [0.1, 0.15) is 5.76 Å². The average molecular weight is 195 g/mol. The number of nitrogens with zero attached hydrogens (tertiary/aromatic N) is 1. The highest BCUT2D eigenvalue weighted by molar-refractivity contribution is 5.69. The first-order chi connectivity index (χ1) is 6.68. The van der Waals surface area contributed by atoms with Gasteiger partial charge in [-0.15, -0.1) is 0 Å². The molecule has 0 aliphatic heterocycles. The van der Waals surface area contributed by atoms with Crippen molar-refractivity contribution in [2.24, 2.45) is 5.92 Å². The molecule has 2 rings (SSSR count). The van der Waals surface area contributed by atoms with Crippen LogP contribution in [0.5, 0.6) is 0 Å². The van der Waals surface area contributed by atoms with Gasteiger partial charge < -0.3 is 9.63 Å². The summed E-state index contributed by atoms with van der Waals surface area (Å²) in [6, 6.07) is 0. The van der Waals surface area contributed by atoms with Crippen LogP contribution in [0.15, 0.2) is 4.52 Å². The summed E-state index contributed by atoms with van der Waals surface area (Å²) in [4.78, 5) is 10.7. The van der Waals surface area contributed by atoms with Crippen LogP contribution in [0.1, 0.15) is 30.4 Å². The normalized spacial score (nSPS) is 16.6. The molecule has 1 aromatic heterocycles. The van der Waals surface area contributed by atoms with Gasteiger partial charge in [-0.3, -0.25) is 4.79 Å². The molecule has 14 heavy (non-hydrogen) atoms. The lowest BCUT2D eigenvalue weighted by Gasteiger charge is -2.02.